The van der Waals surface area contributed by atoms with Crippen molar-refractivity contribution in [3.8, 4) is 0 Å². The molecule has 0 aliphatic carbocycles. The molecule has 23 heavy (non-hydrogen) atoms. The fourth-order valence-electron chi connectivity index (χ4n) is 2.69. The molecule has 7 nitrogen and oxygen atoms in total. The zero-order valence-electron chi connectivity index (χ0n) is 14.5. The number of hydrogen-bond acceptors (Lipinski definition) is 5. The molecule has 2 heterocycles. The van der Waals surface area contributed by atoms with Crippen LogP contribution in [0.3, 0.4) is 0 Å². The topological polar surface area (TPSA) is 63.6 Å². The van der Waals surface area contributed by atoms with Gasteiger partial charge in [0.05, 0.1) is 26.4 Å². The molecule has 0 radical (unpaired) electrons. The molecular weight excluding hydrogens is 298 g/mol. The summed E-state index contributed by atoms with van der Waals surface area (Å²) in [6.45, 7) is 13.4. The van der Waals surface area contributed by atoms with Crippen molar-refractivity contribution in [2.75, 3.05) is 65.8 Å². The maximum absolute atomic E-state index is 12.1. The Morgan fingerprint density at radius 1 is 1.04 bits per heavy atom. The number of aliphatic imine (C=N–C) groups is 1. The molecule has 2 aliphatic heterocycles. The van der Waals surface area contributed by atoms with Crippen LogP contribution in [0.5, 0.6) is 0 Å². The Balaban J connectivity index is 1.85. The lowest BCUT2D eigenvalue weighted by Gasteiger charge is -2.35. The highest BCUT2D eigenvalue weighted by atomic mass is 16.5. The highest BCUT2D eigenvalue weighted by molar-refractivity contribution is 5.95. The van der Waals surface area contributed by atoms with Crippen LogP contribution in [-0.4, -0.2) is 87.5 Å². The van der Waals surface area contributed by atoms with Crippen LogP contribution >= 0.6 is 0 Å². The van der Waals surface area contributed by atoms with Crippen molar-refractivity contribution in [2.24, 2.45) is 10.4 Å². The van der Waals surface area contributed by atoms with Gasteiger partial charge in [-0.3, -0.25) is 4.90 Å². The van der Waals surface area contributed by atoms with Gasteiger partial charge in [0.1, 0.15) is 12.4 Å². The number of ether oxygens (including phenoxy) is 3. The zero-order valence-corrected chi connectivity index (χ0v) is 14.5. The number of morpholine rings is 2. The summed E-state index contributed by atoms with van der Waals surface area (Å²) in [6, 6.07) is 0. The second-order valence-electron chi connectivity index (χ2n) is 6.85. The van der Waals surface area contributed by atoms with Crippen molar-refractivity contribution in [1.29, 1.82) is 0 Å². The van der Waals surface area contributed by atoms with Crippen LogP contribution in [0, 0.1) is 5.41 Å². The van der Waals surface area contributed by atoms with Crippen molar-refractivity contribution < 1.29 is 19.0 Å². The summed E-state index contributed by atoms with van der Waals surface area (Å²) in [5, 5.41) is 0. The minimum Gasteiger partial charge on any atom is -0.447 e. The molecule has 0 unspecified atom stereocenters. The van der Waals surface area contributed by atoms with Crippen molar-refractivity contribution in [1.82, 2.24) is 9.80 Å². The number of carbonyl (C=O) groups excluding carboxylic acids is 1. The molecule has 0 saturated carbocycles. The molecule has 7 heteroatoms. The van der Waals surface area contributed by atoms with Crippen LogP contribution in [0.15, 0.2) is 4.99 Å². The van der Waals surface area contributed by atoms with E-state index in [4.69, 9.17) is 14.2 Å². The Hall–Kier alpha value is -1.18. The zero-order chi connectivity index (χ0) is 16.7. The minimum absolute atomic E-state index is 0.208. The van der Waals surface area contributed by atoms with E-state index in [-0.39, 0.29) is 5.41 Å². The monoisotopic (exact) mass is 327 g/mol. The Kier molecular flexibility index (Phi) is 6.80. The average molecular weight is 327 g/mol. The van der Waals surface area contributed by atoms with Gasteiger partial charge in [0.15, 0.2) is 0 Å². The molecule has 1 amide bonds. The van der Waals surface area contributed by atoms with Crippen molar-refractivity contribution in [2.45, 2.75) is 20.8 Å². The highest BCUT2D eigenvalue weighted by Crippen LogP contribution is 2.20. The number of amidine groups is 1. The van der Waals surface area contributed by atoms with Crippen LogP contribution in [0.4, 0.5) is 4.79 Å². The van der Waals surface area contributed by atoms with E-state index in [9.17, 15) is 4.79 Å². The van der Waals surface area contributed by atoms with Gasteiger partial charge < -0.3 is 19.1 Å². The fourth-order valence-corrected chi connectivity index (χ4v) is 2.69. The summed E-state index contributed by atoms with van der Waals surface area (Å²) >= 11 is 0. The SMILES string of the molecule is CC(C)(C)/C(=N/C(=O)OCCN1CCOCC1)N1CCOCC1. The summed E-state index contributed by atoms with van der Waals surface area (Å²) in [5.41, 5.74) is -0.208. The first-order chi connectivity index (χ1) is 11.0. The van der Waals surface area contributed by atoms with E-state index in [1.165, 1.54) is 0 Å². The van der Waals surface area contributed by atoms with Gasteiger partial charge >= 0.3 is 6.09 Å². The van der Waals surface area contributed by atoms with Gasteiger partial charge in [-0.25, -0.2) is 4.79 Å². The molecule has 0 aromatic heterocycles. The predicted molar refractivity (Wildman–Crippen MR) is 87.9 cm³/mol. The molecule has 0 aromatic carbocycles. The van der Waals surface area contributed by atoms with Gasteiger partial charge in [0.2, 0.25) is 0 Å². The second-order valence-corrected chi connectivity index (χ2v) is 6.85. The van der Waals surface area contributed by atoms with E-state index < -0.39 is 6.09 Å². The Morgan fingerprint density at radius 3 is 2.17 bits per heavy atom. The van der Waals surface area contributed by atoms with Gasteiger partial charge in [-0.2, -0.15) is 4.99 Å². The largest absolute Gasteiger partial charge is 0.447 e. The van der Waals surface area contributed by atoms with E-state index in [1.54, 1.807) is 0 Å². The van der Waals surface area contributed by atoms with Crippen LogP contribution in [-0.2, 0) is 14.2 Å². The number of amides is 1. The van der Waals surface area contributed by atoms with Crippen LogP contribution in [0.2, 0.25) is 0 Å². The normalized spacial score (nSPS) is 21.3. The first kappa shape index (κ1) is 18.2. The number of nitrogens with zero attached hydrogens (tertiary/aromatic N) is 3. The standard InChI is InChI=1S/C16H29N3O4/c1-16(2,3)14(19-7-11-22-12-8-19)17-15(20)23-13-6-18-4-9-21-10-5-18/h4-13H2,1-3H3/b17-14-. The van der Waals surface area contributed by atoms with Crippen LogP contribution in [0.1, 0.15) is 20.8 Å². The average Bonchev–Trinajstić information content (AvgIpc) is 2.53. The summed E-state index contributed by atoms with van der Waals surface area (Å²) in [4.78, 5) is 20.7. The first-order valence-corrected chi connectivity index (χ1v) is 8.35. The molecule has 0 N–H and O–H groups in total. The maximum atomic E-state index is 12.1. The summed E-state index contributed by atoms with van der Waals surface area (Å²) < 4.78 is 16.0. The lowest BCUT2D eigenvalue weighted by Crippen LogP contribution is -2.46. The molecule has 2 fully saturated rings. The molecular formula is C16H29N3O4. The Bertz CT molecular complexity index is 408. The Labute approximate surface area is 138 Å². The van der Waals surface area contributed by atoms with Crippen LogP contribution in [0.25, 0.3) is 0 Å². The predicted octanol–water partition coefficient (Wildman–Crippen LogP) is 1.23. The quantitative estimate of drug-likeness (QED) is 0.574. The third-order valence-electron chi connectivity index (χ3n) is 3.92. The van der Waals surface area contributed by atoms with E-state index in [2.05, 4.69) is 35.6 Å². The second kappa shape index (κ2) is 8.61. The number of rotatable bonds is 3. The molecule has 2 aliphatic rings. The molecule has 0 bridgehead atoms. The van der Waals surface area contributed by atoms with Gasteiger partial charge in [-0.15, -0.1) is 0 Å². The van der Waals surface area contributed by atoms with Crippen molar-refractivity contribution in [3.05, 3.63) is 0 Å². The van der Waals surface area contributed by atoms with Gasteiger partial charge in [-0.1, -0.05) is 20.8 Å². The highest BCUT2D eigenvalue weighted by Gasteiger charge is 2.27. The third-order valence-corrected chi connectivity index (χ3v) is 3.92. The lowest BCUT2D eigenvalue weighted by molar-refractivity contribution is 0.0287. The van der Waals surface area contributed by atoms with Gasteiger partial charge in [0, 0.05) is 38.1 Å². The van der Waals surface area contributed by atoms with E-state index >= 15 is 0 Å². The summed E-state index contributed by atoms with van der Waals surface area (Å²) in [7, 11) is 0. The molecule has 0 aromatic rings. The molecule has 2 rings (SSSR count). The Morgan fingerprint density at radius 2 is 1.61 bits per heavy atom. The van der Waals surface area contributed by atoms with Gasteiger partial charge in [-0.05, 0) is 0 Å². The third kappa shape index (κ3) is 6.08. The van der Waals surface area contributed by atoms with Crippen LogP contribution < -0.4 is 0 Å². The van der Waals surface area contributed by atoms with E-state index in [1.807, 2.05) is 0 Å². The number of hydrogen-bond donors (Lipinski definition) is 0. The molecule has 2 saturated heterocycles. The van der Waals surface area contributed by atoms with Crippen molar-refractivity contribution in [3.63, 3.8) is 0 Å². The first-order valence-electron chi connectivity index (χ1n) is 8.35. The summed E-state index contributed by atoms with van der Waals surface area (Å²) in [5.74, 6) is 0.775. The summed E-state index contributed by atoms with van der Waals surface area (Å²) in [6.07, 6.45) is -0.505. The fraction of sp³-hybridized carbons (Fsp3) is 0.875. The maximum Gasteiger partial charge on any atom is 0.435 e. The lowest BCUT2D eigenvalue weighted by atomic mass is 9.93. The minimum atomic E-state index is -0.505. The van der Waals surface area contributed by atoms with Crippen molar-refractivity contribution >= 4 is 11.9 Å². The van der Waals surface area contributed by atoms with E-state index in [0.29, 0.717) is 19.8 Å². The number of carbonyl (C=O) groups is 1. The molecule has 132 valence electrons. The molecule has 0 atom stereocenters. The van der Waals surface area contributed by atoms with E-state index in [0.717, 1.165) is 51.8 Å². The smallest absolute Gasteiger partial charge is 0.435 e. The molecule has 0 spiro atoms. The van der Waals surface area contributed by atoms with Gasteiger partial charge in [0.25, 0.3) is 0 Å².